The smallest absolute Gasteiger partial charge is 0.191 e. The van der Waals surface area contributed by atoms with E-state index in [9.17, 15) is 0 Å². The van der Waals surface area contributed by atoms with Gasteiger partial charge in [-0.1, -0.05) is 13.8 Å². The number of halogens is 1. The number of guanidine groups is 1. The first-order valence-electron chi connectivity index (χ1n) is 7.94. The number of hydrogen-bond acceptors (Lipinski definition) is 4. The summed E-state index contributed by atoms with van der Waals surface area (Å²) < 4.78 is 11.3. The predicted octanol–water partition coefficient (Wildman–Crippen LogP) is 1.16. The maximum Gasteiger partial charge on any atom is 0.191 e. The third-order valence-electron chi connectivity index (χ3n) is 3.27. The highest BCUT2D eigenvalue weighted by Gasteiger charge is 2.17. The zero-order chi connectivity index (χ0) is 15.5. The van der Waals surface area contributed by atoms with Gasteiger partial charge >= 0.3 is 0 Å². The summed E-state index contributed by atoms with van der Waals surface area (Å²) in [6, 6.07) is 0. The van der Waals surface area contributed by atoms with Crippen LogP contribution in [0.3, 0.4) is 0 Å². The lowest BCUT2D eigenvalue weighted by Gasteiger charge is -2.30. The third kappa shape index (κ3) is 10.6. The Morgan fingerprint density at radius 1 is 1.41 bits per heavy atom. The molecule has 0 aromatic heterocycles. The fourth-order valence-electron chi connectivity index (χ4n) is 2.12. The first-order valence-corrected chi connectivity index (χ1v) is 7.94. The van der Waals surface area contributed by atoms with Crippen LogP contribution in [0.25, 0.3) is 0 Å². The molecule has 6 nitrogen and oxygen atoms in total. The molecule has 0 radical (unpaired) electrons. The number of aliphatic imine (C=N–C) groups is 1. The largest absolute Gasteiger partial charge is 0.381 e. The van der Waals surface area contributed by atoms with E-state index in [0.717, 1.165) is 58.4 Å². The van der Waals surface area contributed by atoms with Crippen LogP contribution in [0.15, 0.2) is 4.99 Å². The van der Waals surface area contributed by atoms with Crippen LogP contribution >= 0.6 is 24.0 Å². The van der Waals surface area contributed by atoms with Crippen molar-refractivity contribution >= 4 is 29.9 Å². The Labute approximate surface area is 152 Å². The van der Waals surface area contributed by atoms with Gasteiger partial charge in [0, 0.05) is 46.4 Å². The van der Waals surface area contributed by atoms with E-state index >= 15 is 0 Å². The van der Waals surface area contributed by atoms with Gasteiger partial charge in [0.25, 0.3) is 0 Å². The zero-order valence-corrected chi connectivity index (χ0v) is 16.8. The Morgan fingerprint density at radius 2 is 2.18 bits per heavy atom. The average molecular weight is 428 g/mol. The Kier molecular flexibility index (Phi) is 13.3. The Bertz CT molecular complexity index is 303. The molecule has 132 valence electrons. The van der Waals surface area contributed by atoms with Crippen LogP contribution in [0.5, 0.6) is 0 Å². The summed E-state index contributed by atoms with van der Waals surface area (Å²) >= 11 is 0. The second kappa shape index (κ2) is 13.3. The molecule has 1 atom stereocenters. The molecular formula is C15H33IN4O2. The van der Waals surface area contributed by atoms with Gasteiger partial charge in [0.05, 0.1) is 12.7 Å². The van der Waals surface area contributed by atoms with Crippen LogP contribution < -0.4 is 10.6 Å². The fraction of sp³-hybridized carbons (Fsp3) is 0.933. The first kappa shape index (κ1) is 21.9. The molecular weight excluding hydrogens is 395 g/mol. The lowest BCUT2D eigenvalue weighted by Crippen LogP contribution is -2.48. The number of likely N-dealkylation sites (N-methyl/N-ethyl adjacent to an activating group) is 1. The maximum atomic E-state index is 5.72. The number of rotatable bonds is 8. The highest BCUT2D eigenvalue weighted by Crippen LogP contribution is 2.01. The van der Waals surface area contributed by atoms with Crippen molar-refractivity contribution in [2.45, 2.75) is 26.4 Å². The van der Waals surface area contributed by atoms with Crippen molar-refractivity contribution in [3.05, 3.63) is 0 Å². The number of morpholine rings is 1. The van der Waals surface area contributed by atoms with Gasteiger partial charge in [-0.05, 0) is 19.4 Å². The molecule has 0 saturated carbocycles. The minimum atomic E-state index is 0. The van der Waals surface area contributed by atoms with Crippen LogP contribution in [0.1, 0.15) is 20.3 Å². The molecule has 1 unspecified atom stereocenters. The van der Waals surface area contributed by atoms with Crippen molar-refractivity contribution in [3.63, 3.8) is 0 Å². The Hall–Kier alpha value is -0.120. The van der Waals surface area contributed by atoms with E-state index in [4.69, 9.17) is 9.47 Å². The van der Waals surface area contributed by atoms with Crippen molar-refractivity contribution < 1.29 is 9.47 Å². The molecule has 0 spiro atoms. The SMILES string of the molecule is CN=C(NCCCOCC(C)C)NCC1CN(C)CCO1.I. The zero-order valence-electron chi connectivity index (χ0n) is 14.4. The molecule has 2 N–H and O–H groups in total. The van der Waals surface area contributed by atoms with Crippen molar-refractivity contribution in [3.8, 4) is 0 Å². The molecule has 0 aromatic carbocycles. The molecule has 22 heavy (non-hydrogen) atoms. The van der Waals surface area contributed by atoms with Gasteiger partial charge in [-0.25, -0.2) is 0 Å². The number of nitrogens with one attached hydrogen (secondary N) is 2. The standard InChI is InChI=1S/C15H32N4O2.HI/c1-13(2)12-20-8-5-6-17-15(16-3)18-10-14-11-19(4)7-9-21-14;/h13-14H,5-12H2,1-4H3,(H2,16,17,18);1H. The fourth-order valence-corrected chi connectivity index (χ4v) is 2.12. The molecule has 1 rings (SSSR count). The predicted molar refractivity (Wildman–Crippen MR) is 102 cm³/mol. The summed E-state index contributed by atoms with van der Waals surface area (Å²) in [5.74, 6) is 1.43. The minimum Gasteiger partial charge on any atom is -0.381 e. The Morgan fingerprint density at radius 3 is 2.82 bits per heavy atom. The quantitative estimate of drug-likeness (QED) is 0.263. The summed E-state index contributed by atoms with van der Waals surface area (Å²) in [6.45, 7) is 10.4. The second-order valence-corrected chi connectivity index (χ2v) is 5.96. The summed E-state index contributed by atoms with van der Waals surface area (Å²) in [5, 5.41) is 6.61. The van der Waals surface area contributed by atoms with E-state index in [1.54, 1.807) is 7.05 Å². The molecule has 1 saturated heterocycles. The van der Waals surface area contributed by atoms with Gasteiger partial charge in [0.2, 0.25) is 0 Å². The van der Waals surface area contributed by atoms with Crippen LogP contribution in [0, 0.1) is 5.92 Å². The van der Waals surface area contributed by atoms with E-state index in [1.807, 2.05) is 0 Å². The van der Waals surface area contributed by atoms with Gasteiger partial charge in [0.1, 0.15) is 0 Å². The number of nitrogens with zero attached hydrogens (tertiary/aromatic N) is 2. The van der Waals surface area contributed by atoms with E-state index in [-0.39, 0.29) is 30.1 Å². The minimum absolute atomic E-state index is 0. The maximum absolute atomic E-state index is 5.72. The van der Waals surface area contributed by atoms with E-state index < -0.39 is 0 Å². The van der Waals surface area contributed by atoms with Crippen LogP contribution in [-0.4, -0.2) is 77.1 Å². The molecule has 1 heterocycles. The first-order chi connectivity index (χ1) is 10.1. The van der Waals surface area contributed by atoms with E-state index in [0.29, 0.717) is 5.92 Å². The number of ether oxygens (including phenoxy) is 2. The van der Waals surface area contributed by atoms with Gasteiger partial charge in [-0.2, -0.15) is 0 Å². The highest BCUT2D eigenvalue weighted by molar-refractivity contribution is 14.0. The monoisotopic (exact) mass is 428 g/mol. The third-order valence-corrected chi connectivity index (χ3v) is 3.27. The van der Waals surface area contributed by atoms with Crippen LogP contribution in [0.4, 0.5) is 0 Å². The highest BCUT2D eigenvalue weighted by atomic mass is 127. The van der Waals surface area contributed by atoms with E-state index in [2.05, 4.69) is 41.4 Å². The van der Waals surface area contributed by atoms with Crippen molar-refractivity contribution in [1.82, 2.24) is 15.5 Å². The van der Waals surface area contributed by atoms with Gasteiger partial charge < -0.3 is 25.0 Å². The molecule has 7 heteroatoms. The van der Waals surface area contributed by atoms with Crippen molar-refractivity contribution in [2.75, 3.05) is 60.1 Å². The molecule has 0 amide bonds. The average Bonchev–Trinajstić information content (AvgIpc) is 2.45. The lowest BCUT2D eigenvalue weighted by atomic mass is 10.2. The Balaban J connectivity index is 0.00000441. The molecule has 0 bridgehead atoms. The summed E-state index contributed by atoms with van der Waals surface area (Å²) in [7, 11) is 3.91. The summed E-state index contributed by atoms with van der Waals surface area (Å²) in [6.07, 6.45) is 1.22. The van der Waals surface area contributed by atoms with Crippen molar-refractivity contribution in [2.24, 2.45) is 10.9 Å². The topological polar surface area (TPSA) is 58.1 Å². The summed E-state index contributed by atoms with van der Waals surface area (Å²) in [4.78, 5) is 6.51. The molecule has 0 aromatic rings. The molecule has 1 fully saturated rings. The van der Waals surface area contributed by atoms with E-state index in [1.165, 1.54) is 0 Å². The second-order valence-electron chi connectivity index (χ2n) is 5.96. The van der Waals surface area contributed by atoms with Gasteiger partial charge in [-0.15, -0.1) is 24.0 Å². The normalized spacial score (nSPS) is 19.9. The van der Waals surface area contributed by atoms with Crippen LogP contribution in [-0.2, 0) is 9.47 Å². The molecule has 1 aliphatic rings. The number of hydrogen-bond donors (Lipinski definition) is 2. The van der Waals surface area contributed by atoms with Gasteiger partial charge in [-0.3, -0.25) is 4.99 Å². The van der Waals surface area contributed by atoms with Crippen LogP contribution in [0.2, 0.25) is 0 Å². The van der Waals surface area contributed by atoms with Gasteiger partial charge in [0.15, 0.2) is 5.96 Å². The molecule has 0 aliphatic carbocycles. The molecule has 1 aliphatic heterocycles. The lowest BCUT2D eigenvalue weighted by molar-refractivity contribution is -0.0161. The summed E-state index contributed by atoms with van der Waals surface area (Å²) in [5.41, 5.74) is 0. The van der Waals surface area contributed by atoms with Crippen molar-refractivity contribution in [1.29, 1.82) is 0 Å².